The minimum Gasteiger partial charge on any atom is -0.471 e. The van der Waals surface area contributed by atoms with Crippen LogP contribution in [-0.4, -0.2) is 92.5 Å². The highest BCUT2D eigenvalue weighted by atomic mass is 35.5. The van der Waals surface area contributed by atoms with Crippen molar-refractivity contribution in [3.8, 4) is 11.9 Å². The summed E-state index contributed by atoms with van der Waals surface area (Å²) in [5.41, 5.74) is -0.249. The van der Waals surface area contributed by atoms with Crippen LogP contribution in [0, 0.1) is 11.6 Å². The number of amides is 1. The second kappa shape index (κ2) is 10.8. The molecule has 2 aromatic heterocycles. The van der Waals surface area contributed by atoms with Crippen LogP contribution in [0.15, 0.2) is 22.6 Å². The lowest BCUT2D eigenvalue weighted by atomic mass is 10.1. The lowest BCUT2D eigenvalue weighted by Crippen LogP contribution is -2.34. The number of hydrogen-bond donors (Lipinski definition) is 2. The summed E-state index contributed by atoms with van der Waals surface area (Å²) in [5.74, 6) is -3.06. The molecule has 3 saturated heterocycles. The fourth-order valence-corrected chi connectivity index (χ4v) is 6.36. The van der Waals surface area contributed by atoms with Crippen LogP contribution in [0.4, 0.5) is 8.78 Å². The van der Waals surface area contributed by atoms with Gasteiger partial charge in [0, 0.05) is 5.56 Å². The number of imidazole rings is 1. The van der Waals surface area contributed by atoms with Gasteiger partial charge in [-0.05, 0) is 18.2 Å². The Kier molecular flexibility index (Phi) is 7.35. The molecule has 0 unspecified atom stereocenters. The maximum Gasteiger partial charge on any atom is 0.296 e. The molecule has 4 atom stereocenters. The molecule has 2 N–H and O–H groups in total. The van der Waals surface area contributed by atoms with Crippen LogP contribution in [0.1, 0.15) is 15.9 Å². The van der Waals surface area contributed by atoms with E-state index < -0.39 is 63.9 Å². The monoisotopic (exact) mass is 600 g/mol. The molecular weight excluding hydrogens is 578 g/mol. The minimum absolute atomic E-state index is 0.0424. The SMILES string of the molecule is O=C(N=S1(=O)CCOCC1)c1cc(F)c(COc2nc3nc(O[C@@H]4CO[C@H]5[C@@H]4OC[C@H]5O)[nH]c3cc2Cl)c(F)c1. The Balaban J connectivity index is 1.15. The van der Waals surface area contributed by atoms with Crippen LogP contribution < -0.4 is 9.47 Å². The van der Waals surface area contributed by atoms with Crippen molar-refractivity contribution in [3.05, 3.63) is 46.0 Å². The predicted octanol–water partition coefficient (Wildman–Crippen LogP) is 2.01. The number of nitrogens with zero attached hydrogens (tertiary/aromatic N) is 3. The first-order valence-electron chi connectivity index (χ1n) is 12.3. The van der Waals surface area contributed by atoms with Crippen molar-refractivity contribution in [2.75, 3.05) is 37.9 Å². The number of halogens is 3. The Hall–Kier alpha value is -2.95. The number of fused-ring (bicyclic) bond motifs is 2. The number of aromatic nitrogens is 3. The van der Waals surface area contributed by atoms with E-state index in [0.717, 1.165) is 12.1 Å². The number of pyridine rings is 1. The fourth-order valence-electron chi connectivity index (χ4n) is 4.61. The number of hydrogen-bond acceptors (Lipinski definition) is 10. The van der Waals surface area contributed by atoms with E-state index in [2.05, 4.69) is 19.3 Å². The summed E-state index contributed by atoms with van der Waals surface area (Å²) in [5, 5.41) is 9.93. The van der Waals surface area contributed by atoms with Gasteiger partial charge < -0.3 is 33.8 Å². The Labute approximate surface area is 231 Å². The molecule has 3 aliphatic rings. The van der Waals surface area contributed by atoms with Gasteiger partial charge in [0.1, 0.15) is 41.6 Å². The van der Waals surface area contributed by atoms with E-state index in [1.54, 1.807) is 0 Å². The number of nitrogens with one attached hydrogen (secondary N) is 1. The van der Waals surface area contributed by atoms with Crippen molar-refractivity contribution in [1.82, 2.24) is 15.0 Å². The number of aromatic amines is 1. The predicted molar refractivity (Wildman–Crippen MR) is 135 cm³/mol. The zero-order valence-electron chi connectivity index (χ0n) is 20.7. The van der Waals surface area contributed by atoms with Gasteiger partial charge in [-0.25, -0.2) is 13.0 Å². The van der Waals surface area contributed by atoms with E-state index in [1.165, 1.54) is 6.07 Å². The van der Waals surface area contributed by atoms with Crippen molar-refractivity contribution in [1.29, 1.82) is 0 Å². The highest BCUT2D eigenvalue weighted by Gasteiger charge is 2.48. The first kappa shape index (κ1) is 27.2. The molecule has 16 heteroatoms. The quantitative estimate of drug-likeness (QED) is 0.429. The summed E-state index contributed by atoms with van der Waals surface area (Å²) in [6.07, 6.45) is -2.14. The Morgan fingerprint density at radius 1 is 1.15 bits per heavy atom. The number of ether oxygens (including phenoxy) is 5. The molecule has 0 aliphatic carbocycles. The zero-order valence-corrected chi connectivity index (χ0v) is 22.3. The van der Waals surface area contributed by atoms with Crippen LogP contribution in [-0.2, 0) is 30.5 Å². The molecule has 1 amide bonds. The third-order valence-electron chi connectivity index (χ3n) is 6.70. The molecule has 3 aromatic rings. The normalized spacial score (nSPS) is 25.6. The third-order valence-corrected chi connectivity index (χ3v) is 9.08. The summed E-state index contributed by atoms with van der Waals surface area (Å²) in [6.45, 7) is 0.154. The molecule has 3 aliphatic heterocycles. The highest BCUT2D eigenvalue weighted by Crippen LogP contribution is 2.32. The first-order chi connectivity index (χ1) is 19.2. The van der Waals surface area contributed by atoms with Gasteiger partial charge in [0.15, 0.2) is 11.8 Å². The number of aliphatic hydroxyl groups excluding tert-OH is 1. The Morgan fingerprint density at radius 2 is 1.88 bits per heavy atom. The van der Waals surface area contributed by atoms with Gasteiger partial charge in [0.05, 0.1) is 58.7 Å². The molecule has 6 rings (SSSR count). The van der Waals surface area contributed by atoms with E-state index >= 15 is 0 Å². The number of aliphatic hydroxyl groups is 1. The van der Waals surface area contributed by atoms with Crippen LogP contribution in [0.2, 0.25) is 5.02 Å². The fraction of sp³-hybridized carbons (Fsp3) is 0.458. The average Bonchev–Trinajstić information content (AvgIpc) is 3.60. The number of H-pyrrole nitrogens is 1. The summed E-state index contributed by atoms with van der Waals surface area (Å²) in [7, 11) is -2.84. The second-order valence-electron chi connectivity index (χ2n) is 9.40. The van der Waals surface area contributed by atoms with Crippen molar-refractivity contribution in [3.63, 3.8) is 0 Å². The van der Waals surface area contributed by atoms with Crippen LogP contribution >= 0.6 is 11.6 Å². The molecule has 0 bridgehead atoms. The Bertz CT molecular complexity index is 1560. The number of benzene rings is 1. The van der Waals surface area contributed by atoms with Gasteiger partial charge in [-0.3, -0.25) is 4.79 Å². The summed E-state index contributed by atoms with van der Waals surface area (Å²) >= 11 is 6.27. The number of carbonyl (C=O) groups is 1. The minimum atomic E-state index is -2.84. The lowest BCUT2D eigenvalue weighted by molar-refractivity contribution is 0.00706. The van der Waals surface area contributed by atoms with E-state index in [-0.39, 0.29) is 66.1 Å². The molecule has 5 heterocycles. The summed E-state index contributed by atoms with van der Waals surface area (Å²) < 4.78 is 73.4. The van der Waals surface area contributed by atoms with E-state index in [1.807, 2.05) is 0 Å². The standard InChI is InChI=1S/C24H23ClF2N4O8S/c25-13-7-16-21(30-24(28-16)39-18-10-37-19-17(32)9-36-20(18)19)29-23(13)38-8-12-14(26)5-11(6-15(12)27)22(33)31-40(34)3-1-35-2-4-40/h5-7,17-20,32H,1-4,8-10H2,(H,28,29,30)/t17-,18-,19-,20-/m1/s1. The van der Waals surface area contributed by atoms with Crippen molar-refractivity contribution < 1.29 is 46.6 Å². The molecule has 40 heavy (non-hydrogen) atoms. The van der Waals surface area contributed by atoms with Gasteiger partial charge in [-0.15, -0.1) is 0 Å². The smallest absolute Gasteiger partial charge is 0.296 e. The van der Waals surface area contributed by atoms with Gasteiger partial charge >= 0.3 is 0 Å². The van der Waals surface area contributed by atoms with Crippen LogP contribution in [0.3, 0.4) is 0 Å². The lowest BCUT2D eigenvalue weighted by Gasteiger charge is -2.15. The molecule has 0 radical (unpaired) electrons. The third kappa shape index (κ3) is 5.36. The molecule has 12 nitrogen and oxygen atoms in total. The van der Waals surface area contributed by atoms with E-state index in [9.17, 15) is 22.9 Å². The van der Waals surface area contributed by atoms with E-state index in [4.69, 9.17) is 35.3 Å². The number of rotatable bonds is 6. The average molecular weight is 601 g/mol. The van der Waals surface area contributed by atoms with Crippen molar-refractivity contribution in [2.45, 2.75) is 31.0 Å². The molecule has 0 saturated carbocycles. The second-order valence-corrected chi connectivity index (χ2v) is 12.4. The summed E-state index contributed by atoms with van der Waals surface area (Å²) in [6, 6.07) is 3.21. The Morgan fingerprint density at radius 3 is 2.62 bits per heavy atom. The van der Waals surface area contributed by atoms with Crippen LogP contribution in [0.25, 0.3) is 11.2 Å². The molecule has 214 valence electrons. The first-order valence-corrected chi connectivity index (χ1v) is 14.5. The largest absolute Gasteiger partial charge is 0.471 e. The molecular formula is C24H23ClF2N4O8S. The van der Waals surface area contributed by atoms with Crippen molar-refractivity contribution >= 4 is 38.4 Å². The maximum absolute atomic E-state index is 14.8. The molecule has 1 aromatic carbocycles. The van der Waals surface area contributed by atoms with Crippen LogP contribution in [0.5, 0.6) is 11.9 Å². The van der Waals surface area contributed by atoms with Gasteiger partial charge in [-0.1, -0.05) is 11.6 Å². The highest BCUT2D eigenvalue weighted by molar-refractivity contribution is 7.94. The zero-order chi connectivity index (χ0) is 28.0. The summed E-state index contributed by atoms with van der Waals surface area (Å²) in [4.78, 5) is 23.8. The van der Waals surface area contributed by atoms with Gasteiger partial charge in [-0.2, -0.15) is 14.3 Å². The van der Waals surface area contributed by atoms with Crippen molar-refractivity contribution in [2.24, 2.45) is 4.36 Å². The molecule has 0 spiro atoms. The van der Waals surface area contributed by atoms with E-state index in [0.29, 0.717) is 5.52 Å². The molecule has 3 fully saturated rings. The number of carbonyl (C=O) groups excluding carboxylic acids is 1. The van der Waals surface area contributed by atoms with Gasteiger partial charge in [0.2, 0.25) is 5.88 Å². The van der Waals surface area contributed by atoms with Gasteiger partial charge in [0.25, 0.3) is 11.9 Å². The maximum atomic E-state index is 14.8. The topological polar surface area (TPSA) is 154 Å².